The molecule has 2 rings (SSSR count). The standard InChI is InChI=1S/C10H16N4O3S2/c1-3-8-12-13-10(18-8)11-9(15)7-5-4-6-14(7)19(2,16)17/h7H,3-6H2,1-2H3,(H,11,13,15)/t7-/m0/s1. The van der Waals surface area contributed by atoms with Crippen molar-refractivity contribution in [3.05, 3.63) is 5.01 Å². The first-order valence-corrected chi connectivity index (χ1v) is 8.68. The average Bonchev–Trinajstić information content (AvgIpc) is 2.95. The van der Waals surface area contributed by atoms with Gasteiger partial charge in [-0.2, -0.15) is 4.31 Å². The van der Waals surface area contributed by atoms with Gasteiger partial charge in [0.15, 0.2) is 0 Å². The second-order valence-corrected chi connectivity index (χ2v) is 7.37. The van der Waals surface area contributed by atoms with Gasteiger partial charge in [0.05, 0.1) is 6.26 Å². The van der Waals surface area contributed by atoms with Crippen molar-refractivity contribution >= 4 is 32.4 Å². The molecule has 0 unspecified atom stereocenters. The molecule has 19 heavy (non-hydrogen) atoms. The Kier molecular flexibility index (Phi) is 4.16. The Morgan fingerprint density at radius 3 is 2.84 bits per heavy atom. The molecule has 0 radical (unpaired) electrons. The molecule has 0 saturated carbocycles. The molecule has 0 bridgehead atoms. The summed E-state index contributed by atoms with van der Waals surface area (Å²) in [6, 6.07) is -0.635. The number of amides is 1. The topological polar surface area (TPSA) is 92.3 Å². The average molecular weight is 304 g/mol. The minimum absolute atomic E-state index is 0.332. The summed E-state index contributed by atoms with van der Waals surface area (Å²) < 4.78 is 24.4. The van der Waals surface area contributed by atoms with E-state index in [0.29, 0.717) is 24.5 Å². The molecule has 1 amide bonds. The van der Waals surface area contributed by atoms with Crippen LogP contribution in [0.3, 0.4) is 0 Å². The quantitative estimate of drug-likeness (QED) is 0.872. The predicted molar refractivity (Wildman–Crippen MR) is 72.5 cm³/mol. The molecule has 1 atom stereocenters. The molecule has 1 aromatic heterocycles. The largest absolute Gasteiger partial charge is 0.299 e. The van der Waals surface area contributed by atoms with Crippen LogP contribution in [0, 0.1) is 0 Å². The summed E-state index contributed by atoms with van der Waals surface area (Å²) in [6.07, 6.45) is 3.12. The molecule has 1 saturated heterocycles. The van der Waals surface area contributed by atoms with Crippen LogP contribution in [0.1, 0.15) is 24.8 Å². The van der Waals surface area contributed by atoms with E-state index in [-0.39, 0.29) is 5.91 Å². The molecular weight excluding hydrogens is 288 g/mol. The highest BCUT2D eigenvalue weighted by atomic mass is 32.2. The normalized spacial score (nSPS) is 20.6. The zero-order valence-corrected chi connectivity index (χ0v) is 12.4. The van der Waals surface area contributed by atoms with Crippen LogP contribution in [0.2, 0.25) is 0 Å². The van der Waals surface area contributed by atoms with Gasteiger partial charge in [-0.25, -0.2) is 8.42 Å². The van der Waals surface area contributed by atoms with Crippen molar-refractivity contribution in [2.45, 2.75) is 32.2 Å². The molecule has 106 valence electrons. The van der Waals surface area contributed by atoms with Gasteiger partial charge in [0.2, 0.25) is 21.1 Å². The zero-order chi connectivity index (χ0) is 14.0. The smallest absolute Gasteiger partial charge is 0.244 e. The monoisotopic (exact) mass is 304 g/mol. The highest BCUT2D eigenvalue weighted by Gasteiger charge is 2.36. The third-order valence-electron chi connectivity index (χ3n) is 2.93. The van der Waals surface area contributed by atoms with E-state index in [1.54, 1.807) is 0 Å². The molecule has 7 nitrogen and oxygen atoms in total. The first-order chi connectivity index (χ1) is 8.91. The van der Waals surface area contributed by atoms with Crippen molar-refractivity contribution in [3.63, 3.8) is 0 Å². The van der Waals surface area contributed by atoms with Crippen LogP contribution < -0.4 is 5.32 Å². The molecule has 1 N–H and O–H groups in total. The van der Waals surface area contributed by atoms with E-state index >= 15 is 0 Å². The zero-order valence-electron chi connectivity index (χ0n) is 10.8. The van der Waals surface area contributed by atoms with Crippen molar-refractivity contribution in [1.29, 1.82) is 0 Å². The van der Waals surface area contributed by atoms with Crippen molar-refractivity contribution in [3.8, 4) is 0 Å². The van der Waals surface area contributed by atoms with Crippen molar-refractivity contribution in [2.75, 3.05) is 18.1 Å². The summed E-state index contributed by atoms with van der Waals surface area (Å²) in [4.78, 5) is 12.1. The summed E-state index contributed by atoms with van der Waals surface area (Å²) in [6.45, 7) is 2.35. The second-order valence-electron chi connectivity index (χ2n) is 4.38. The van der Waals surface area contributed by atoms with Crippen LogP contribution in [-0.4, -0.2) is 47.7 Å². The molecule has 1 aliphatic rings. The second kappa shape index (κ2) is 5.51. The lowest BCUT2D eigenvalue weighted by Gasteiger charge is -2.20. The summed E-state index contributed by atoms with van der Waals surface area (Å²) in [5.41, 5.74) is 0. The number of aryl methyl sites for hydroxylation is 1. The van der Waals surface area contributed by atoms with Crippen LogP contribution in [-0.2, 0) is 21.2 Å². The summed E-state index contributed by atoms with van der Waals surface area (Å²) in [5.74, 6) is -0.332. The number of sulfonamides is 1. The minimum Gasteiger partial charge on any atom is -0.299 e. The fourth-order valence-electron chi connectivity index (χ4n) is 2.03. The third kappa shape index (κ3) is 3.28. The highest BCUT2D eigenvalue weighted by Crippen LogP contribution is 2.23. The number of anilines is 1. The molecule has 1 aliphatic heterocycles. The van der Waals surface area contributed by atoms with Crippen molar-refractivity contribution < 1.29 is 13.2 Å². The lowest BCUT2D eigenvalue weighted by atomic mass is 10.2. The molecule has 1 fully saturated rings. The number of carbonyl (C=O) groups is 1. The number of nitrogens with zero attached hydrogens (tertiary/aromatic N) is 3. The van der Waals surface area contributed by atoms with Gasteiger partial charge in [0, 0.05) is 6.54 Å². The van der Waals surface area contributed by atoms with Crippen molar-refractivity contribution in [1.82, 2.24) is 14.5 Å². The number of rotatable bonds is 4. The van der Waals surface area contributed by atoms with Crippen LogP contribution >= 0.6 is 11.3 Å². The van der Waals surface area contributed by atoms with Crippen LogP contribution in [0.15, 0.2) is 0 Å². The summed E-state index contributed by atoms with van der Waals surface area (Å²) in [5, 5.41) is 11.7. The fourth-order valence-corrected chi connectivity index (χ4v) is 3.84. The fraction of sp³-hybridized carbons (Fsp3) is 0.700. The molecular formula is C10H16N4O3S2. The van der Waals surface area contributed by atoms with Gasteiger partial charge in [0.1, 0.15) is 11.0 Å². The molecule has 0 aromatic carbocycles. The lowest BCUT2D eigenvalue weighted by molar-refractivity contribution is -0.119. The molecule has 2 heterocycles. The number of hydrogen-bond acceptors (Lipinski definition) is 6. The van der Waals surface area contributed by atoms with Gasteiger partial charge in [-0.3, -0.25) is 10.1 Å². The number of aromatic nitrogens is 2. The van der Waals surface area contributed by atoms with E-state index in [1.165, 1.54) is 15.6 Å². The van der Waals surface area contributed by atoms with Crippen LogP contribution in [0.25, 0.3) is 0 Å². The van der Waals surface area contributed by atoms with Gasteiger partial charge in [-0.05, 0) is 19.3 Å². The van der Waals surface area contributed by atoms with E-state index < -0.39 is 16.1 Å². The Hall–Kier alpha value is -1.06. The van der Waals surface area contributed by atoms with Gasteiger partial charge < -0.3 is 0 Å². The Morgan fingerprint density at radius 1 is 1.53 bits per heavy atom. The number of hydrogen-bond donors (Lipinski definition) is 1. The van der Waals surface area contributed by atoms with Crippen LogP contribution in [0.5, 0.6) is 0 Å². The van der Waals surface area contributed by atoms with Crippen molar-refractivity contribution in [2.24, 2.45) is 0 Å². The van der Waals surface area contributed by atoms with E-state index in [9.17, 15) is 13.2 Å². The van der Waals surface area contributed by atoms with Gasteiger partial charge >= 0.3 is 0 Å². The van der Waals surface area contributed by atoms with Gasteiger partial charge in [-0.1, -0.05) is 18.3 Å². The molecule has 0 spiro atoms. The highest BCUT2D eigenvalue weighted by molar-refractivity contribution is 7.88. The maximum atomic E-state index is 12.1. The van der Waals surface area contributed by atoms with E-state index in [4.69, 9.17) is 0 Å². The van der Waals surface area contributed by atoms with Gasteiger partial charge in [0.25, 0.3) is 0 Å². The SMILES string of the molecule is CCc1nnc(NC(=O)[C@@H]2CCCN2S(C)(=O)=O)s1. The molecule has 9 heteroatoms. The first kappa shape index (κ1) is 14.4. The lowest BCUT2D eigenvalue weighted by Crippen LogP contribution is -2.42. The predicted octanol–water partition coefficient (Wildman–Crippen LogP) is 0.463. The Labute approximate surface area is 116 Å². The maximum Gasteiger partial charge on any atom is 0.244 e. The Morgan fingerprint density at radius 2 is 2.26 bits per heavy atom. The molecule has 1 aromatic rings. The van der Waals surface area contributed by atoms with E-state index in [1.807, 2.05) is 6.92 Å². The van der Waals surface area contributed by atoms with Crippen LogP contribution in [0.4, 0.5) is 5.13 Å². The Balaban J connectivity index is 2.07. The van der Waals surface area contributed by atoms with E-state index in [2.05, 4.69) is 15.5 Å². The third-order valence-corrected chi connectivity index (χ3v) is 5.20. The van der Waals surface area contributed by atoms with Gasteiger partial charge in [-0.15, -0.1) is 10.2 Å². The first-order valence-electron chi connectivity index (χ1n) is 6.02. The summed E-state index contributed by atoms with van der Waals surface area (Å²) >= 11 is 1.31. The Bertz CT molecular complexity index is 569. The minimum atomic E-state index is -3.35. The van der Waals surface area contributed by atoms with E-state index in [0.717, 1.165) is 17.7 Å². The molecule has 0 aliphatic carbocycles. The number of nitrogens with one attached hydrogen (secondary N) is 1. The maximum absolute atomic E-state index is 12.1. The summed E-state index contributed by atoms with van der Waals surface area (Å²) in [7, 11) is -3.35. The number of carbonyl (C=O) groups excluding carboxylic acids is 1.